The van der Waals surface area contributed by atoms with Crippen LogP contribution in [0.1, 0.15) is 44.8 Å². The number of hydrogen-bond donors (Lipinski definition) is 2. The van der Waals surface area contributed by atoms with E-state index in [-0.39, 0.29) is 5.92 Å². The number of H-pyrrole nitrogens is 1. The molecule has 0 aromatic carbocycles. The number of imidazole rings is 1. The number of alkyl halides is 2. The Balaban J connectivity index is 2.28. The van der Waals surface area contributed by atoms with Gasteiger partial charge in [-0.3, -0.25) is 4.79 Å². The fourth-order valence-electron chi connectivity index (χ4n) is 2.90. The molecule has 0 bridgehead atoms. The molecule has 25 heavy (non-hydrogen) atoms. The first-order valence-electron chi connectivity index (χ1n) is 8.25. The van der Waals surface area contributed by atoms with Crippen LogP contribution < -0.4 is 5.32 Å². The Morgan fingerprint density at radius 1 is 1.52 bits per heavy atom. The van der Waals surface area contributed by atoms with Crippen molar-refractivity contribution < 1.29 is 23.1 Å². The van der Waals surface area contributed by atoms with E-state index >= 15 is 0 Å². The molecule has 1 aliphatic heterocycles. The number of rotatable bonds is 5. The van der Waals surface area contributed by atoms with Crippen molar-refractivity contribution in [3.05, 3.63) is 17.7 Å². The number of methoxy groups -OCH3 is 1. The molecule has 0 aliphatic carbocycles. The van der Waals surface area contributed by atoms with E-state index in [4.69, 9.17) is 0 Å². The number of ether oxygens (including phenoxy) is 1. The molecule has 9 heteroatoms. The molecule has 2 rings (SSSR count). The van der Waals surface area contributed by atoms with Crippen LogP contribution in [-0.2, 0) is 16.0 Å². The number of likely N-dealkylation sites (tertiary alicyclic amines) is 1. The molecule has 1 aliphatic rings. The van der Waals surface area contributed by atoms with E-state index in [0.29, 0.717) is 12.2 Å². The largest absolute Gasteiger partial charge is 0.453 e. The molecule has 0 saturated carbocycles. The van der Waals surface area contributed by atoms with E-state index in [0.717, 1.165) is 10.6 Å². The average molecular weight is 358 g/mol. The summed E-state index contributed by atoms with van der Waals surface area (Å²) < 4.78 is 32.6. The molecule has 0 spiro atoms. The maximum Gasteiger partial charge on any atom is 0.407 e. The van der Waals surface area contributed by atoms with Crippen molar-refractivity contribution in [1.29, 1.82) is 0 Å². The Morgan fingerprint density at radius 2 is 2.20 bits per heavy atom. The first kappa shape index (κ1) is 19.1. The van der Waals surface area contributed by atoms with Crippen molar-refractivity contribution in [2.24, 2.45) is 5.92 Å². The molecule has 1 saturated heterocycles. The van der Waals surface area contributed by atoms with Crippen LogP contribution in [0.15, 0.2) is 6.20 Å². The van der Waals surface area contributed by atoms with Crippen molar-refractivity contribution in [3.63, 3.8) is 0 Å². The lowest BCUT2D eigenvalue weighted by atomic mass is 10.0. The molecule has 2 N–H and O–H groups in total. The number of aromatic nitrogens is 2. The maximum absolute atomic E-state index is 14.0. The van der Waals surface area contributed by atoms with Gasteiger partial charge in [0.15, 0.2) is 0 Å². The van der Waals surface area contributed by atoms with Gasteiger partial charge in [0.1, 0.15) is 11.9 Å². The number of nitrogens with zero attached hydrogens (tertiary/aromatic N) is 2. The minimum Gasteiger partial charge on any atom is -0.453 e. The number of nitrogens with one attached hydrogen (secondary N) is 2. The number of amides is 2. The van der Waals surface area contributed by atoms with Gasteiger partial charge >= 0.3 is 6.09 Å². The SMILES string of the molecule is CCc1cnc(C2CC(F)(F)CN2C(=O)C(NC(=O)OC)C(C)C)[nH]1. The predicted molar refractivity (Wildman–Crippen MR) is 86.2 cm³/mol. The monoisotopic (exact) mass is 358 g/mol. The van der Waals surface area contributed by atoms with Crippen LogP contribution in [0.2, 0.25) is 0 Å². The van der Waals surface area contributed by atoms with Gasteiger partial charge in [0.2, 0.25) is 5.91 Å². The maximum atomic E-state index is 14.0. The van der Waals surface area contributed by atoms with Gasteiger partial charge in [-0.05, 0) is 12.3 Å². The van der Waals surface area contributed by atoms with Crippen molar-refractivity contribution in [3.8, 4) is 0 Å². The third-order valence-corrected chi connectivity index (χ3v) is 4.29. The number of aryl methyl sites for hydroxylation is 1. The summed E-state index contributed by atoms with van der Waals surface area (Å²) in [5.41, 5.74) is 0.811. The molecule has 0 radical (unpaired) electrons. The molecule has 2 heterocycles. The Morgan fingerprint density at radius 3 is 2.72 bits per heavy atom. The summed E-state index contributed by atoms with van der Waals surface area (Å²) in [4.78, 5) is 32.6. The Hall–Kier alpha value is -2.19. The third kappa shape index (κ3) is 4.26. The summed E-state index contributed by atoms with van der Waals surface area (Å²) in [6.45, 7) is 4.66. The van der Waals surface area contributed by atoms with Gasteiger partial charge in [0.25, 0.3) is 5.92 Å². The summed E-state index contributed by atoms with van der Waals surface area (Å²) in [6.07, 6.45) is 0.989. The number of hydrogen-bond acceptors (Lipinski definition) is 4. The summed E-state index contributed by atoms with van der Waals surface area (Å²) in [5, 5.41) is 2.43. The van der Waals surface area contributed by atoms with Gasteiger partial charge in [0.05, 0.1) is 19.7 Å². The summed E-state index contributed by atoms with van der Waals surface area (Å²) in [6, 6.07) is -1.81. The number of carbonyl (C=O) groups is 2. The first-order valence-corrected chi connectivity index (χ1v) is 8.25. The molecular formula is C16H24F2N4O3. The first-order chi connectivity index (χ1) is 11.7. The molecule has 2 atom stereocenters. The smallest absolute Gasteiger partial charge is 0.407 e. The van der Waals surface area contributed by atoms with Crippen LogP contribution in [0.25, 0.3) is 0 Å². The van der Waals surface area contributed by atoms with Crippen molar-refractivity contribution in [2.75, 3.05) is 13.7 Å². The van der Waals surface area contributed by atoms with Gasteiger partial charge in [-0.25, -0.2) is 18.6 Å². The molecule has 1 aromatic heterocycles. The van der Waals surface area contributed by atoms with Gasteiger partial charge in [0, 0.05) is 18.3 Å². The molecule has 1 aromatic rings. The van der Waals surface area contributed by atoms with Gasteiger partial charge in [-0.1, -0.05) is 20.8 Å². The van der Waals surface area contributed by atoms with Crippen molar-refractivity contribution >= 4 is 12.0 Å². The van der Waals surface area contributed by atoms with Crippen LogP contribution in [0.3, 0.4) is 0 Å². The second kappa shape index (κ2) is 7.37. The zero-order chi connectivity index (χ0) is 18.8. The predicted octanol–water partition coefficient (Wildman–Crippen LogP) is 2.26. The Kier molecular flexibility index (Phi) is 5.64. The second-order valence-electron chi connectivity index (χ2n) is 6.55. The third-order valence-electron chi connectivity index (χ3n) is 4.29. The van der Waals surface area contributed by atoms with E-state index in [9.17, 15) is 18.4 Å². The molecule has 7 nitrogen and oxygen atoms in total. The highest BCUT2D eigenvalue weighted by Gasteiger charge is 2.50. The Labute approximate surface area is 145 Å². The summed E-state index contributed by atoms with van der Waals surface area (Å²) in [7, 11) is 1.18. The number of halogens is 2. The van der Waals surface area contributed by atoms with E-state index in [1.165, 1.54) is 7.11 Å². The fraction of sp³-hybridized carbons (Fsp3) is 0.688. The average Bonchev–Trinajstić information content (AvgIpc) is 3.14. The van der Waals surface area contributed by atoms with Crippen LogP contribution in [0.4, 0.5) is 13.6 Å². The minimum atomic E-state index is -3.01. The Bertz CT molecular complexity index is 633. The van der Waals surface area contributed by atoms with Crippen molar-refractivity contribution in [1.82, 2.24) is 20.2 Å². The van der Waals surface area contributed by atoms with E-state index in [1.54, 1.807) is 20.0 Å². The van der Waals surface area contributed by atoms with Crippen LogP contribution in [0.5, 0.6) is 0 Å². The lowest BCUT2D eigenvalue weighted by molar-refractivity contribution is -0.136. The quantitative estimate of drug-likeness (QED) is 0.845. The highest BCUT2D eigenvalue weighted by atomic mass is 19.3. The topological polar surface area (TPSA) is 87.3 Å². The van der Waals surface area contributed by atoms with Crippen LogP contribution in [-0.4, -0.2) is 52.5 Å². The molecule has 2 amide bonds. The summed E-state index contributed by atoms with van der Waals surface area (Å²) in [5.74, 6) is -3.53. The number of aromatic amines is 1. The second-order valence-corrected chi connectivity index (χ2v) is 6.55. The van der Waals surface area contributed by atoms with E-state index in [1.807, 2.05) is 6.92 Å². The zero-order valence-electron chi connectivity index (χ0n) is 14.8. The highest BCUT2D eigenvalue weighted by Crippen LogP contribution is 2.40. The van der Waals surface area contributed by atoms with Gasteiger partial charge in [-0.15, -0.1) is 0 Å². The van der Waals surface area contributed by atoms with Crippen molar-refractivity contribution in [2.45, 2.75) is 51.6 Å². The standard InChI is InChI=1S/C16H24F2N4O3/c1-5-10-7-19-13(20-10)11-6-16(17,18)8-22(11)14(23)12(9(2)3)21-15(24)25-4/h7,9,11-12H,5-6,8H2,1-4H3,(H,19,20)(H,21,24). The lowest BCUT2D eigenvalue weighted by Gasteiger charge is -2.29. The number of alkyl carbamates (subject to hydrolysis) is 1. The summed E-state index contributed by atoms with van der Waals surface area (Å²) >= 11 is 0. The normalized spacial score (nSPS) is 20.6. The molecule has 2 unspecified atom stereocenters. The minimum absolute atomic E-state index is 0.288. The van der Waals surface area contributed by atoms with Gasteiger partial charge in [-0.2, -0.15) is 0 Å². The van der Waals surface area contributed by atoms with E-state index in [2.05, 4.69) is 20.0 Å². The molecule has 1 fully saturated rings. The molecule has 140 valence electrons. The lowest BCUT2D eigenvalue weighted by Crippen LogP contribution is -2.51. The van der Waals surface area contributed by atoms with E-state index < -0.39 is 43.0 Å². The molecular weight excluding hydrogens is 334 g/mol. The van der Waals surface area contributed by atoms with Crippen LogP contribution in [0, 0.1) is 5.92 Å². The van der Waals surface area contributed by atoms with Crippen LogP contribution >= 0.6 is 0 Å². The number of carbonyl (C=O) groups excluding carboxylic acids is 2. The highest BCUT2D eigenvalue weighted by molar-refractivity contribution is 5.86. The fourth-order valence-corrected chi connectivity index (χ4v) is 2.90. The van der Waals surface area contributed by atoms with Gasteiger partial charge < -0.3 is 19.9 Å². The zero-order valence-corrected chi connectivity index (χ0v) is 14.8.